The van der Waals surface area contributed by atoms with Gasteiger partial charge in [0.2, 0.25) is 0 Å². The van der Waals surface area contributed by atoms with Crippen LogP contribution >= 0.6 is 22.9 Å². The van der Waals surface area contributed by atoms with Gasteiger partial charge in [-0.1, -0.05) is 11.6 Å². The highest BCUT2D eigenvalue weighted by molar-refractivity contribution is 7.15. The summed E-state index contributed by atoms with van der Waals surface area (Å²) >= 11 is 7.27. The van der Waals surface area contributed by atoms with Crippen LogP contribution in [0.5, 0.6) is 0 Å². The van der Waals surface area contributed by atoms with Gasteiger partial charge < -0.3 is 5.11 Å². The molecule has 0 radical (unpaired) electrons. The smallest absolute Gasteiger partial charge is 0.183 e. The molecule has 3 nitrogen and oxygen atoms in total. The highest BCUT2D eigenvalue weighted by Crippen LogP contribution is 2.24. The first-order valence-corrected chi connectivity index (χ1v) is 5.94. The van der Waals surface area contributed by atoms with E-state index in [4.69, 9.17) is 16.7 Å². The maximum atomic E-state index is 9.14. The molecule has 0 aromatic carbocycles. The zero-order valence-electron chi connectivity index (χ0n) is 7.82. The fraction of sp³-hybridized carbons (Fsp3) is 0.667. The van der Waals surface area contributed by atoms with E-state index < -0.39 is 0 Å². The van der Waals surface area contributed by atoms with Crippen LogP contribution in [0.1, 0.15) is 17.7 Å². The molecule has 1 fully saturated rings. The predicted molar refractivity (Wildman–Crippen MR) is 57.6 cm³/mol. The maximum absolute atomic E-state index is 9.14. The molecule has 1 aliphatic rings. The largest absolute Gasteiger partial charge is 0.395 e. The van der Waals surface area contributed by atoms with Gasteiger partial charge in [-0.25, -0.2) is 4.98 Å². The van der Waals surface area contributed by atoms with Gasteiger partial charge in [-0.15, -0.1) is 11.3 Å². The van der Waals surface area contributed by atoms with E-state index in [0.717, 1.165) is 19.5 Å². The molecule has 14 heavy (non-hydrogen) atoms. The van der Waals surface area contributed by atoms with Crippen molar-refractivity contribution in [1.29, 1.82) is 0 Å². The Bertz CT molecular complexity index is 305. The molecule has 0 spiro atoms. The standard InChI is InChI=1S/C9H13ClN2OS/c10-9-11-4-8(14-9)5-12-3-1-2-7(12)6-13/h4,7,13H,1-3,5-6H2/t7-/m1/s1. The quantitative estimate of drug-likeness (QED) is 0.863. The van der Waals surface area contributed by atoms with Crippen molar-refractivity contribution in [2.75, 3.05) is 13.2 Å². The number of hydrogen-bond acceptors (Lipinski definition) is 4. The second-order valence-electron chi connectivity index (χ2n) is 3.53. The minimum atomic E-state index is 0.256. The molecule has 78 valence electrons. The van der Waals surface area contributed by atoms with Crippen molar-refractivity contribution in [3.8, 4) is 0 Å². The molecule has 0 amide bonds. The molecule has 0 bridgehead atoms. The molecule has 1 saturated heterocycles. The summed E-state index contributed by atoms with van der Waals surface area (Å²) in [6.07, 6.45) is 4.10. The lowest BCUT2D eigenvalue weighted by molar-refractivity contribution is 0.154. The Morgan fingerprint density at radius 2 is 2.57 bits per heavy atom. The summed E-state index contributed by atoms with van der Waals surface area (Å²) < 4.78 is 0.597. The lowest BCUT2D eigenvalue weighted by atomic mass is 10.2. The number of hydrogen-bond donors (Lipinski definition) is 1. The molecular weight excluding hydrogens is 220 g/mol. The molecule has 0 saturated carbocycles. The molecule has 5 heteroatoms. The third kappa shape index (κ3) is 2.25. The molecule has 2 rings (SSSR count). The zero-order valence-corrected chi connectivity index (χ0v) is 9.39. The van der Waals surface area contributed by atoms with Gasteiger partial charge in [0, 0.05) is 23.7 Å². The average molecular weight is 233 g/mol. The monoisotopic (exact) mass is 232 g/mol. The molecule has 1 N–H and O–H groups in total. The van der Waals surface area contributed by atoms with E-state index in [9.17, 15) is 0 Å². The zero-order chi connectivity index (χ0) is 9.97. The molecule has 1 aliphatic heterocycles. The molecule has 1 atom stereocenters. The number of aromatic nitrogens is 1. The van der Waals surface area contributed by atoms with Gasteiger partial charge >= 0.3 is 0 Å². The highest BCUT2D eigenvalue weighted by atomic mass is 35.5. The van der Waals surface area contributed by atoms with Crippen molar-refractivity contribution < 1.29 is 5.11 Å². The van der Waals surface area contributed by atoms with Crippen LogP contribution in [0.15, 0.2) is 6.20 Å². The van der Waals surface area contributed by atoms with Crippen LogP contribution in [-0.4, -0.2) is 34.2 Å². The van der Waals surface area contributed by atoms with Crippen LogP contribution in [-0.2, 0) is 6.54 Å². The number of aliphatic hydroxyl groups excluding tert-OH is 1. The van der Waals surface area contributed by atoms with Crippen LogP contribution in [0, 0.1) is 0 Å². The SMILES string of the molecule is OC[C@H]1CCCN1Cc1cnc(Cl)s1. The minimum Gasteiger partial charge on any atom is -0.395 e. The van der Waals surface area contributed by atoms with Crippen LogP contribution in [0.2, 0.25) is 4.47 Å². The van der Waals surface area contributed by atoms with E-state index >= 15 is 0 Å². The summed E-state index contributed by atoms with van der Waals surface area (Å²) in [5.41, 5.74) is 0. The molecule has 1 aromatic rings. The van der Waals surface area contributed by atoms with Gasteiger partial charge in [0.25, 0.3) is 0 Å². The van der Waals surface area contributed by atoms with E-state index in [1.165, 1.54) is 22.6 Å². The summed E-state index contributed by atoms with van der Waals surface area (Å²) in [5.74, 6) is 0. The summed E-state index contributed by atoms with van der Waals surface area (Å²) in [4.78, 5) is 7.48. The van der Waals surface area contributed by atoms with E-state index in [1.807, 2.05) is 6.20 Å². The third-order valence-electron chi connectivity index (χ3n) is 2.59. The van der Waals surface area contributed by atoms with Gasteiger partial charge in [0.15, 0.2) is 4.47 Å². The lowest BCUT2D eigenvalue weighted by Gasteiger charge is -2.21. The van der Waals surface area contributed by atoms with Gasteiger partial charge in [-0.3, -0.25) is 4.90 Å². The first-order valence-electron chi connectivity index (χ1n) is 4.74. The first-order chi connectivity index (χ1) is 6.79. The van der Waals surface area contributed by atoms with Gasteiger partial charge in [-0.05, 0) is 19.4 Å². The van der Waals surface area contributed by atoms with Crippen LogP contribution in [0.4, 0.5) is 0 Å². The van der Waals surface area contributed by atoms with Gasteiger partial charge in [-0.2, -0.15) is 0 Å². The van der Waals surface area contributed by atoms with E-state index in [0.29, 0.717) is 10.5 Å². The van der Waals surface area contributed by atoms with Gasteiger partial charge in [0.05, 0.1) is 6.61 Å². The predicted octanol–water partition coefficient (Wildman–Crippen LogP) is 1.75. The third-order valence-corrected chi connectivity index (χ3v) is 3.69. The number of thiazole rings is 1. The number of likely N-dealkylation sites (tertiary alicyclic amines) is 1. The highest BCUT2D eigenvalue weighted by Gasteiger charge is 2.23. The van der Waals surface area contributed by atoms with Crippen molar-refractivity contribution in [1.82, 2.24) is 9.88 Å². The fourth-order valence-electron chi connectivity index (χ4n) is 1.87. The van der Waals surface area contributed by atoms with Crippen molar-refractivity contribution in [3.05, 3.63) is 15.5 Å². The second-order valence-corrected chi connectivity index (χ2v) is 5.23. The number of halogens is 1. The summed E-state index contributed by atoms with van der Waals surface area (Å²) in [5, 5.41) is 9.14. The Hall–Kier alpha value is -0.160. The van der Waals surface area contributed by atoms with Crippen LogP contribution in [0.25, 0.3) is 0 Å². The van der Waals surface area contributed by atoms with Crippen LogP contribution in [0.3, 0.4) is 0 Å². The first kappa shape index (κ1) is 10.4. The van der Waals surface area contributed by atoms with Crippen molar-refractivity contribution >= 4 is 22.9 Å². The summed E-state index contributed by atoms with van der Waals surface area (Å²) in [6, 6.07) is 0.330. The van der Waals surface area contributed by atoms with E-state index in [-0.39, 0.29) is 6.61 Å². The van der Waals surface area contributed by atoms with Crippen molar-refractivity contribution in [2.45, 2.75) is 25.4 Å². The Morgan fingerprint density at radius 3 is 3.21 bits per heavy atom. The molecular formula is C9H13ClN2OS. The molecule has 0 unspecified atom stereocenters. The number of rotatable bonds is 3. The molecule has 0 aliphatic carbocycles. The van der Waals surface area contributed by atoms with Crippen molar-refractivity contribution in [2.24, 2.45) is 0 Å². The average Bonchev–Trinajstić information content (AvgIpc) is 2.76. The van der Waals surface area contributed by atoms with E-state index in [1.54, 1.807) is 0 Å². The Kier molecular flexibility index (Phi) is 3.38. The number of aliphatic hydroxyl groups is 1. The van der Waals surface area contributed by atoms with Crippen LogP contribution < -0.4 is 0 Å². The fourth-order valence-corrected chi connectivity index (χ4v) is 2.87. The lowest BCUT2D eigenvalue weighted by Crippen LogP contribution is -2.31. The molecule has 2 heterocycles. The summed E-state index contributed by atoms with van der Waals surface area (Å²) in [6.45, 7) is 2.20. The second kappa shape index (κ2) is 4.57. The number of nitrogens with zero attached hydrogens (tertiary/aromatic N) is 2. The maximum Gasteiger partial charge on any atom is 0.183 e. The summed E-state index contributed by atoms with van der Waals surface area (Å²) in [7, 11) is 0. The Labute approximate surface area is 92.3 Å². The van der Waals surface area contributed by atoms with E-state index in [2.05, 4.69) is 9.88 Å². The topological polar surface area (TPSA) is 36.4 Å². The Morgan fingerprint density at radius 1 is 1.71 bits per heavy atom. The molecule has 1 aromatic heterocycles. The normalized spacial score (nSPS) is 23.1. The van der Waals surface area contributed by atoms with Gasteiger partial charge in [0.1, 0.15) is 0 Å². The Balaban J connectivity index is 1.96. The minimum absolute atomic E-state index is 0.256. The van der Waals surface area contributed by atoms with Crippen molar-refractivity contribution in [3.63, 3.8) is 0 Å².